The monoisotopic (exact) mass is 389 g/mol. The third kappa shape index (κ3) is 3.77. The van der Waals surface area contributed by atoms with Crippen LogP contribution in [0.25, 0.3) is 10.8 Å². The Morgan fingerprint density at radius 1 is 1.28 bits per heavy atom. The number of nitrogens with two attached hydrogens (primary N) is 1. The molecule has 3 aromatic rings. The second-order valence-corrected chi connectivity index (χ2v) is 7.48. The van der Waals surface area contributed by atoms with Gasteiger partial charge in [-0.15, -0.1) is 0 Å². The molecule has 2 aromatic heterocycles. The van der Waals surface area contributed by atoms with E-state index in [0.717, 1.165) is 36.9 Å². The smallest absolute Gasteiger partial charge is 0.275 e. The average molecular weight is 389 g/mol. The summed E-state index contributed by atoms with van der Waals surface area (Å²) in [4.78, 5) is 17.2. The average Bonchev–Trinajstić information content (AvgIpc) is 2.70. The summed E-state index contributed by atoms with van der Waals surface area (Å²) < 4.78 is 0. The van der Waals surface area contributed by atoms with Crippen LogP contribution >= 0.6 is 0 Å². The van der Waals surface area contributed by atoms with Gasteiger partial charge in [0.05, 0.1) is 11.6 Å². The van der Waals surface area contributed by atoms with Crippen molar-refractivity contribution in [1.29, 1.82) is 5.26 Å². The Bertz CT molecular complexity index is 1150. The summed E-state index contributed by atoms with van der Waals surface area (Å²) in [5, 5.41) is 23.5. The first-order chi connectivity index (χ1) is 14.1. The number of H-pyrrole nitrogens is 1. The lowest BCUT2D eigenvalue weighted by atomic mass is 9.91. The SMILES string of the molecule is Cc1cccc(Nc2nc(NC3CCCCC3N)c(C#N)c3cn[nH]c(=O)c23)c1. The summed E-state index contributed by atoms with van der Waals surface area (Å²) in [5.41, 5.74) is 8.06. The lowest BCUT2D eigenvalue weighted by Crippen LogP contribution is -2.43. The van der Waals surface area contributed by atoms with Gasteiger partial charge in [-0.2, -0.15) is 10.4 Å². The van der Waals surface area contributed by atoms with Crippen LogP contribution in [0.3, 0.4) is 0 Å². The number of fused-ring (bicyclic) bond motifs is 1. The minimum atomic E-state index is -0.400. The van der Waals surface area contributed by atoms with Crippen molar-refractivity contribution in [1.82, 2.24) is 15.2 Å². The Labute approximate surface area is 168 Å². The number of aromatic amines is 1. The van der Waals surface area contributed by atoms with Crippen molar-refractivity contribution < 1.29 is 0 Å². The van der Waals surface area contributed by atoms with E-state index >= 15 is 0 Å². The van der Waals surface area contributed by atoms with E-state index in [0.29, 0.717) is 28.0 Å². The molecule has 4 rings (SSSR count). The summed E-state index contributed by atoms with van der Waals surface area (Å²) >= 11 is 0. The van der Waals surface area contributed by atoms with E-state index < -0.39 is 5.56 Å². The molecule has 1 fully saturated rings. The number of nitrogens with zero attached hydrogens (tertiary/aromatic N) is 3. The molecule has 0 aliphatic heterocycles. The second kappa shape index (κ2) is 7.89. The summed E-state index contributed by atoms with van der Waals surface area (Å²) in [6, 6.07) is 9.99. The molecule has 148 valence electrons. The van der Waals surface area contributed by atoms with Crippen LogP contribution in [0, 0.1) is 18.3 Å². The second-order valence-electron chi connectivity index (χ2n) is 7.48. The standard InChI is InChI=1S/C21H23N7O/c1-12-5-4-6-13(9-12)25-20-18-15(11-24-28-21(18)29)14(10-22)19(27-20)26-17-8-3-2-7-16(17)23/h4-6,9,11,16-17H,2-3,7-8,23H2,1H3,(H,28,29)(H2,25,26,27). The lowest BCUT2D eigenvalue weighted by molar-refractivity contribution is 0.403. The number of nitrogens with one attached hydrogen (secondary N) is 3. The van der Waals surface area contributed by atoms with Crippen molar-refractivity contribution >= 4 is 28.1 Å². The minimum Gasteiger partial charge on any atom is -0.365 e. The van der Waals surface area contributed by atoms with E-state index in [-0.39, 0.29) is 12.1 Å². The fourth-order valence-corrected chi connectivity index (χ4v) is 3.86. The summed E-state index contributed by atoms with van der Waals surface area (Å²) in [5.74, 6) is 0.796. The van der Waals surface area contributed by atoms with Crippen LogP contribution in [0.1, 0.15) is 36.8 Å². The molecular formula is C21H23N7O. The van der Waals surface area contributed by atoms with Gasteiger partial charge in [0.15, 0.2) is 0 Å². The van der Waals surface area contributed by atoms with Gasteiger partial charge in [0.2, 0.25) is 0 Å². The Morgan fingerprint density at radius 2 is 2.10 bits per heavy atom. The lowest BCUT2D eigenvalue weighted by Gasteiger charge is -2.30. The van der Waals surface area contributed by atoms with Gasteiger partial charge in [-0.25, -0.2) is 10.1 Å². The Balaban J connectivity index is 1.85. The number of benzene rings is 1. The molecule has 0 radical (unpaired) electrons. The summed E-state index contributed by atoms with van der Waals surface area (Å²) in [6.07, 6.45) is 5.53. The minimum absolute atomic E-state index is 0.00160. The third-order valence-corrected chi connectivity index (χ3v) is 5.36. The normalized spacial score (nSPS) is 18.9. The van der Waals surface area contributed by atoms with Gasteiger partial charge in [0.1, 0.15) is 23.3 Å². The first kappa shape index (κ1) is 18.9. The number of hydrogen-bond acceptors (Lipinski definition) is 7. The van der Waals surface area contributed by atoms with E-state index in [1.54, 1.807) is 0 Å². The molecule has 0 spiro atoms. The highest BCUT2D eigenvalue weighted by molar-refractivity contribution is 5.98. The van der Waals surface area contributed by atoms with Crippen molar-refractivity contribution in [2.45, 2.75) is 44.7 Å². The van der Waals surface area contributed by atoms with Gasteiger partial charge < -0.3 is 16.4 Å². The maximum atomic E-state index is 12.5. The topological polar surface area (TPSA) is 133 Å². The quantitative estimate of drug-likeness (QED) is 0.539. The van der Waals surface area contributed by atoms with E-state index in [4.69, 9.17) is 5.73 Å². The van der Waals surface area contributed by atoms with Crippen molar-refractivity contribution in [2.24, 2.45) is 5.73 Å². The highest BCUT2D eigenvalue weighted by atomic mass is 16.1. The molecule has 1 aliphatic carbocycles. The highest BCUT2D eigenvalue weighted by Gasteiger charge is 2.25. The van der Waals surface area contributed by atoms with Gasteiger partial charge >= 0.3 is 0 Å². The van der Waals surface area contributed by atoms with E-state index in [9.17, 15) is 10.1 Å². The number of hydrogen-bond donors (Lipinski definition) is 4. The van der Waals surface area contributed by atoms with Crippen LogP contribution in [-0.4, -0.2) is 27.3 Å². The molecule has 0 amide bonds. The first-order valence-corrected chi connectivity index (χ1v) is 9.74. The highest BCUT2D eigenvalue weighted by Crippen LogP contribution is 2.30. The van der Waals surface area contributed by atoms with Crippen molar-refractivity contribution in [3.05, 3.63) is 51.9 Å². The molecule has 1 aromatic carbocycles. The fourth-order valence-electron chi connectivity index (χ4n) is 3.86. The molecule has 1 aliphatic rings. The number of rotatable bonds is 4. The summed E-state index contributed by atoms with van der Waals surface area (Å²) in [6.45, 7) is 1.99. The van der Waals surface area contributed by atoms with Crippen molar-refractivity contribution in [3.8, 4) is 6.07 Å². The van der Waals surface area contributed by atoms with Crippen molar-refractivity contribution in [2.75, 3.05) is 10.6 Å². The molecule has 2 heterocycles. The molecule has 0 bridgehead atoms. The number of aryl methyl sites for hydroxylation is 1. The molecule has 2 unspecified atom stereocenters. The molecule has 29 heavy (non-hydrogen) atoms. The molecule has 8 nitrogen and oxygen atoms in total. The van der Waals surface area contributed by atoms with Crippen LogP contribution in [-0.2, 0) is 0 Å². The van der Waals surface area contributed by atoms with Crippen LogP contribution < -0.4 is 21.9 Å². The van der Waals surface area contributed by atoms with Gasteiger partial charge in [0, 0.05) is 23.2 Å². The molecular weight excluding hydrogens is 366 g/mol. The van der Waals surface area contributed by atoms with Gasteiger partial charge in [-0.3, -0.25) is 4.79 Å². The zero-order chi connectivity index (χ0) is 20.4. The van der Waals surface area contributed by atoms with Crippen LogP contribution in [0.5, 0.6) is 0 Å². The predicted octanol–water partition coefficient (Wildman–Crippen LogP) is 2.92. The Hall–Kier alpha value is -3.44. The predicted molar refractivity (Wildman–Crippen MR) is 113 cm³/mol. The maximum Gasteiger partial charge on any atom is 0.275 e. The van der Waals surface area contributed by atoms with Gasteiger partial charge in [0.25, 0.3) is 5.56 Å². The number of anilines is 3. The Morgan fingerprint density at radius 3 is 2.86 bits per heavy atom. The van der Waals surface area contributed by atoms with Crippen LogP contribution in [0.15, 0.2) is 35.3 Å². The largest absolute Gasteiger partial charge is 0.365 e. The molecule has 0 saturated heterocycles. The zero-order valence-electron chi connectivity index (χ0n) is 16.2. The fraction of sp³-hybridized carbons (Fsp3) is 0.333. The summed E-state index contributed by atoms with van der Waals surface area (Å²) in [7, 11) is 0. The first-order valence-electron chi connectivity index (χ1n) is 9.74. The van der Waals surface area contributed by atoms with Gasteiger partial charge in [-0.05, 0) is 37.5 Å². The number of aromatic nitrogens is 3. The molecule has 5 N–H and O–H groups in total. The number of nitriles is 1. The molecule has 8 heteroatoms. The van der Waals surface area contributed by atoms with E-state index in [1.165, 1.54) is 6.20 Å². The maximum absolute atomic E-state index is 12.5. The van der Waals surface area contributed by atoms with E-state index in [1.807, 2.05) is 31.2 Å². The third-order valence-electron chi connectivity index (χ3n) is 5.36. The molecule has 1 saturated carbocycles. The molecule has 2 atom stereocenters. The Kier molecular flexibility index (Phi) is 5.14. The van der Waals surface area contributed by atoms with E-state index in [2.05, 4.69) is 31.9 Å². The zero-order valence-corrected chi connectivity index (χ0v) is 16.2. The van der Waals surface area contributed by atoms with Crippen molar-refractivity contribution in [3.63, 3.8) is 0 Å². The van der Waals surface area contributed by atoms with Crippen LogP contribution in [0.4, 0.5) is 17.3 Å². The van der Waals surface area contributed by atoms with Crippen LogP contribution in [0.2, 0.25) is 0 Å². The number of pyridine rings is 1. The van der Waals surface area contributed by atoms with Gasteiger partial charge in [-0.1, -0.05) is 25.0 Å².